The molecule has 1 atom stereocenters. The summed E-state index contributed by atoms with van der Waals surface area (Å²) in [7, 11) is 0. The van der Waals surface area contributed by atoms with E-state index in [1.54, 1.807) is 24.3 Å². The van der Waals surface area contributed by atoms with Gasteiger partial charge in [-0.2, -0.15) is 0 Å². The molecule has 0 aliphatic heterocycles. The number of hydrogen-bond acceptors (Lipinski definition) is 4. The first-order valence-electron chi connectivity index (χ1n) is 7.36. The lowest BCUT2D eigenvalue weighted by Gasteiger charge is -2.08. The molecule has 0 spiro atoms. The summed E-state index contributed by atoms with van der Waals surface area (Å²) >= 11 is 0. The van der Waals surface area contributed by atoms with Gasteiger partial charge in [0.1, 0.15) is 11.8 Å². The van der Waals surface area contributed by atoms with Gasteiger partial charge in [0.15, 0.2) is 0 Å². The SMILES string of the molecule is N[C@@H](Cc1ccc(OC(=O)CCc2ccccc2)cc1)C(=O)O. The van der Waals surface area contributed by atoms with Crippen LogP contribution in [-0.2, 0) is 22.4 Å². The summed E-state index contributed by atoms with van der Waals surface area (Å²) in [4.78, 5) is 22.5. The fraction of sp³-hybridized carbons (Fsp3) is 0.222. The highest BCUT2D eigenvalue weighted by Gasteiger charge is 2.12. The summed E-state index contributed by atoms with van der Waals surface area (Å²) in [6, 6.07) is 15.5. The van der Waals surface area contributed by atoms with Gasteiger partial charge in [-0.25, -0.2) is 0 Å². The molecule has 23 heavy (non-hydrogen) atoms. The Morgan fingerprint density at radius 1 is 1.00 bits per heavy atom. The van der Waals surface area contributed by atoms with Crippen molar-refractivity contribution in [2.75, 3.05) is 0 Å². The van der Waals surface area contributed by atoms with Gasteiger partial charge in [-0.1, -0.05) is 42.5 Å². The largest absolute Gasteiger partial charge is 0.480 e. The monoisotopic (exact) mass is 313 g/mol. The van der Waals surface area contributed by atoms with Crippen molar-refractivity contribution in [1.82, 2.24) is 0 Å². The van der Waals surface area contributed by atoms with Gasteiger partial charge in [-0.05, 0) is 36.1 Å². The highest BCUT2D eigenvalue weighted by Crippen LogP contribution is 2.14. The topological polar surface area (TPSA) is 89.6 Å². The predicted molar refractivity (Wildman–Crippen MR) is 86.2 cm³/mol. The third kappa shape index (κ3) is 5.56. The number of carbonyl (C=O) groups is 2. The zero-order chi connectivity index (χ0) is 16.7. The van der Waals surface area contributed by atoms with E-state index in [2.05, 4.69) is 0 Å². The van der Waals surface area contributed by atoms with Crippen molar-refractivity contribution >= 4 is 11.9 Å². The van der Waals surface area contributed by atoms with Crippen LogP contribution in [0.4, 0.5) is 0 Å². The maximum absolute atomic E-state index is 11.8. The Morgan fingerprint density at radius 2 is 1.65 bits per heavy atom. The Kier molecular flexibility index (Phi) is 5.88. The van der Waals surface area contributed by atoms with Gasteiger partial charge in [0.2, 0.25) is 0 Å². The number of esters is 1. The molecule has 0 saturated heterocycles. The van der Waals surface area contributed by atoms with E-state index < -0.39 is 12.0 Å². The molecule has 5 nitrogen and oxygen atoms in total. The first-order chi connectivity index (χ1) is 11.0. The summed E-state index contributed by atoms with van der Waals surface area (Å²) in [5, 5.41) is 8.78. The van der Waals surface area contributed by atoms with Gasteiger partial charge < -0.3 is 15.6 Å². The molecule has 0 aliphatic rings. The maximum Gasteiger partial charge on any atom is 0.320 e. The number of aliphatic carboxylic acids is 1. The van der Waals surface area contributed by atoms with E-state index in [1.165, 1.54) is 0 Å². The molecule has 0 saturated carbocycles. The van der Waals surface area contributed by atoms with Gasteiger partial charge in [0.05, 0.1) is 0 Å². The normalized spacial score (nSPS) is 11.7. The number of carboxylic acids is 1. The Balaban J connectivity index is 1.83. The van der Waals surface area contributed by atoms with Crippen LogP contribution < -0.4 is 10.5 Å². The van der Waals surface area contributed by atoms with Gasteiger partial charge in [-0.3, -0.25) is 9.59 Å². The molecule has 0 fully saturated rings. The highest BCUT2D eigenvalue weighted by atomic mass is 16.5. The molecule has 0 radical (unpaired) electrons. The first-order valence-corrected chi connectivity index (χ1v) is 7.36. The molecule has 120 valence electrons. The predicted octanol–water partition coefficient (Wildman–Crippen LogP) is 2.18. The quantitative estimate of drug-likeness (QED) is 0.604. The van der Waals surface area contributed by atoms with Crippen LogP contribution in [0.3, 0.4) is 0 Å². The van der Waals surface area contributed by atoms with Crippen LogP contribution >= 0.6 is 0 Å². The van der Waals surface area contributed by atoms with Crippen molar-refractivity contribution < 1.29 is 19.4 Å². The Labute approximate surface area is 134 Å². The number of ether oxygens (including phenoxy) is 1. The van der Waals surface area contributed by atoms with Crippen LogP contribution in [0.1, 0.15) is 17.5 Å². The Bertz CT molecular complexity index is 652. The summed E-state index contributed by atoms with van der Waals surface area (Å²) in [6.07, 6.45) is 1.17. The minimum Gasteiger partial charge on any atom is -0.480 e. The molecule has 0 unspecified atom stereocenters. The number of rotatable bonds is 7. The second kappa shape index (κ2) is 8.10. The third-order valence-corrected chi connectivity index (χ3v) is 3.39. The van der Waals surface area contributed by atoms with Crippen molar-refractivity contribution in [3.05, 3.63) is 65.7 Å². The molecule has 0 aromatic heterocycles. The van der Waals surface area contributed by atoms with Crippen LogP contribution in [0.2, 0.25) is 0 Å². The highest BCUT2D eigenvalue weighted by molar-refractivity contribution is 5.74. The zero-order valence-corrected chi connectivity index (χ0v) is 12.6. The van der Waals surface area contributed by atoms with Crippen molar-refractivity contribution in [3.8, 4) is 5.75 Å². The number of carbonyl (C=O) groups excluding carboxylic acids is 1. The van der Waals surface area contributed by atoms with Gasteiger partial charge >= 0.3 is 11.9 Å². The molecule has 2 aromatic rings. The lowest BCUT2D eigenvalue weighted by atomic mass is 10.1. The number of nitrogens with two attached hydrogens (primary N) is 1. The summed E-state index contributed by atoms with van der Waals surface area (Å²) in [6.45, 7) is 0. The number of hydrogen-bond donors (Lipinski definition) is 2. The van der Waals surface area contributed by atoms with E-state index in [4.69, 9.17) is 15.6 Å². The number of carboxylic acid groups (broad SMARTS) is 1. The lowest BCUT2D eigenvalue weighted by molar-refractivity contribution is -0.138. The first kappa shape index (κ1) is 16.7. The van der Waals surface area contributed by atoms with E-state index in [9.17, 15) is 9.59 Å². The molecule has 0 bridgehead atoms. The third-order valence-electron chi connectivity index (χ3n) is 3.39. The van der Waals surface area contributed by atoms with Crippen LogP contribution in [0, 0.1) is 0 Å². The van der Waals surface area contributed by atoms with Gasteiger partial charge in [-0.15, -0.1) is 0 Å². The fourth-order valence-corrected chi connectivity index (χ4v) is 2.11. The van der Waals surface area contributed by atoms with Crippen LogP contribution in [0.15, 0.2) is 54.6 Å². The van der Waals surface area contributed by atoms with E-state index in [0.717, 1.165) is 11.1 Å². The summed E-state index contributed by atoms with van der Waals surface area (Å²) in [5.41, 5.74) is 7.34. The molecule has 2 aromatic carbocycles. The Morgan fingerprint density at radius 3 is 2.26 bits per heavy atom. The van der Waals surface area contributed by atoms with Crippen LogP contribution in [-0.4, -0.2) is 23.1 Å². The van der Waals surface area contributed by atoms with E-state index in [0.29, 0.717) is 18.6 Å². The second-order valence-corrected chi connectivity index (χ2v) is 5.25. The summed E-state index contributed by atoms with van der Waals surface area (Å²) in [5.74, 6) is -0.902. The van der Waals surface area contributed by atoms with E-state index in [-0.39, 0.29) is 12.4 Å². The average molecular weight is 313 g/mol. The molecule has 3 N–H and O–H groups in total. The minimum atomic E-state index is -1.04. The van der Waals surface area contributed by atoms with Crippen LogP contribution in [0.25, 0.3) is 0 Å². The Hall–Kier alpha value is -2.66. The molecular weight excluding hydrogens is 294 g/mol. The van der Waals surface area contributed by atoms with Crippen molar-refractivity contribution in [1.29, 1.82) is 0 Å². The number of benzene rings is 2. The molecule has 0 amide bonds. The van der Waals surface area contributed by atoms with Crippen molar-refractivity contribution in [2.45, 2.75) is 25.3 Å². The molecule has 2 rings (SSSR count). The van der Waals surface area contributed by atoms with Crippen LogP contribution in [0.5, 0.6) is 5.75 Å². The number of aryl methyl sites for hydroxylation is 1. The standard InChI is InChI=1S/C18H19NO4/c19-16(18(21)22)12-14-6-9-15(10-7-14)23-17(20)11-8-13-4-2-1-3-5-13/h1-7,9-10,16H,8,11-12,19H2,(H,21,22)/t16-/m0/s1. The maximum atomic E-state index is 11.8. The molecule has 5 heteroatoms. The molecule has 0 heterocycles. The fourth-order valence-electron chi connectivity index (χ4n) is 2.11. The van der Waals surface area contributed by atoms with E-state index >= 15 is 0 Å². The zero-order valence-electron chi connectivity index (χ0n) is 12.6. The van der Waals surface area contributed by atoms with Crippen molar-refractivity contribution in [3.63, 3.8) is 0 Å². The second-order valence-electron chi connectivity index (χ2n) is 5.25. The average Bonchev–Trinajstić information content (AvgIpc) is 2.55. The minimum absolute atomic E-state index is 0.234. The lowest BCUT2D eigenvalue weighted by Crippen LogP contribution is -2.32. The van der Waals surface area contributed by atoms with Crippen molar-refractivity contribution in [2.24, 2.45) is 5.73 Å². The molecular formula is C18H19NO4. The summed E-state index contributed by atoms with van der Waals surface area (Å²) < 4.78 is 5.26. The van der Waals surface area contributed by atoms with Gasteiger partial charge in [0, 0.05) is 6.42 Å². The smallest absolute Gasteiger partial charge is 0.320 e. The molecule has 0 aliphatic carbocycles. The van der Waals surface area contributed by atoms with Gasteiger partial charge in [0.25, 0.3) is 0 Å². The van der Waals surface area contributed by atoms with E-state index in [1.807, 2.05) is 30.3 Å².